The Bertz CT molecular complexity index is 426. The molecule has 0 radical (unpaired) electrons. The maximum Gasteiger partial charge on any atom is 0.224 e. The number of carbonyl (C=O) groups excluding carboxylic acids is 1. The van der Waals surface area contributed by atoms with Gasteiger partial charge in [0.2, 0.25) is 5.91 Å². The van der Waals surface area contributed by atoms with E-state index in [1.54, 1.807) is 0 Å². The predicted molar refractivity (Wildman–Crippen MR) is 75.9 cm³/mol. The van der Waals surface area contributed by atoms with Gasteiger partial charge >= 0.3 is 0 Å². The SMILES string of the molecule is CCC(=O)Nc1ccc(C(O)C(C)NC2CC2)cc1. The average molecular weight is 262 g/mol. The van der Waals surface area contributed by atoms with Gasteiger partial charge in [-0.15, -0.1) is 0 Å². The number of hydrogen-bond donors (Lipinski definition) is 3. The van der Waals surface area contributed by atoms with Crippen molar-refractivity contribution in [3.05, 3.63) is 29.8 Å². The number of carbonyl (C=O) groups is 1. The van der Waals surface area contributed by atoms with Crippen molar-refractivity contribution in [1.82, 2.24) is 5.32 Å². The lowest BCUT2D eigenvalue weighted by atomic mass is 10.0. The number of aliphatic hydroxyl groups excluding tert-OH is 1. The molecule has 4 heteroatoms. The van der Waals surface area contributed by atoms with E-state index < -0.39 is 6.10 Å². The molecule has 2 rings (SSSR count). The largest absolute Gasteiger partial charge is 0.387 e. The Morgan fingerprint density at radius 2 is 2.00 bits per heavy atom. The molecule has 1 aromatic rings. The van der Waals surface area contributed by atoms with Gasteiger partial charge in [-0.3, -0.25) is 4.79 Å². The number of rotatable bonds is 6. The molecule has 0 spiro atoms. The number of nitrogens with one attached hydrogen (secondary N) is 2. The molecule has 1 fully saturated rings. The first-order valence-corrected chi connectivity index (χ1v) is 6.94. The molecule has 0 bridgehead atoms. The van der Waals surface area contributed by atoms with E-state index in [0.717, 1.165) is 11.3 Å². The highest BCUT2D eigenvalue weighted by Crippen LogP contribution is 2.24. The van der Waals surface area contributed by atoms with Crippen LogP contribution in [0.4, 0.5) is 5.69 Å². The molecular formula is C15H22N2O2. The van der Waals surface area contributed by atoms with Crippen molar-refractivity contribution in [3.63, 3.8) is 0 Å². The third-order valence-electron chi connectivity index (χ3n) is 3.41. The normalized spacial score (nSPS) is 17.8. The minimum absolute atomic E-state index is 0.00272. The second kappa shape index (κ2) is 6.17. The van der Waals surface area contributed by atoms with Gasteiger partial charge in [0.15, 0.2) is 0 Å². The van der Waals surface area contributed by atoms with Crippen LogP contribution in [0.25, 0.3) is 0 Å². The molecule has 0 heterocycles. The second-order valence-corrected chi connectivity index (χ2v) is 5.20. The van der Waals surface area contributed by atoms with Gasteiger partial charge in [-0.1, -0.05) is 19.1 Å². The number of hydrogen-bond acceptors (Lipinski definition) is 3. The molecule has 3 N–H and O–H groups in total. The summed E-state index contributed by atoms with van der Waals surface area (Å²) in [6.07, 6.45) is 2.36. The summed E-state index contributed by atoms with van der Waals surface area (Å²) in [6.45, 7) is 3.81. The third kappa shape index (κ3) is 4.04. The van der Waals surface area contributed by atoms with Gasteiger partial charge in [-0.25, -0.2) is 0 Å². The zero-order chi connectivity index (χ0) is 13.8. The van der Waals surface area contributed by atoms with Gasteiger partial charge in [0.25, 0.3) is 0 Å². The van der Waals surface area contributed by atoms with Gasteiger partial charge in [-0.05, 0) is 37.5 Å². The molecule has 0 saturated heterocycles. The van der Waals surface area contributed by atoms with Gasteiger partial charge in [0.1, 0.15) is 0 Å². The number of amides is 1. The van der Waals surface area contributed by atoms with Crippen LogP contribution in [0.1, 0.15) is 44.8 Å². The lowest BCUT2D eigenvalue weighted by Crippen LogP contribution is -2.33. The molecule has 4 nitrogen and oxygen atoms in total. The first-order valence-electron chi connectivity index (χ1n) is 6.94. The van der Waals surface area contributed by atoms with E-state index in [9.17, 15) is 9.90 Å². The summed E-state index contributed by atoms with van der Waals surface area (Å²) in [5.41, 5.74) is 1.64. The van der Waals surface area contributed by atoms with E-state index in [1.165, 1.54) is 12.8 Å². The van der Waals surface area contributed by atoms with Gasteiger partial charge < -0.3 is 15.7 Å². The van der Waals surface area contributed by atoms with Gasteiger partial charge in [0.05, 0.1) is 6.10 Å². The highest BCUT2D eigenvalue weighted by atomic mass is 16.3. The molecule has 1 amide bonds. The van der Waals surface area contributed by atoms with Crippen molar-refractivity contribution < 1.29 is 9.90 Å². The van der Waals surface area contributed by atoms with E-state index in [4.69, 9.17) is 0 Å². The zero-order valence-corrected chi connectivity index (χ0v) is 11.5. The van der Waals surface area contributed by atoms with Crippen molar-refractivity contribution in [2.45, 2.75) is 51.3 Å². The fraction of sp³-hybridized carbons (Fsp3) is 0.533. The number of aliphatic hydroxyl groups is 1. The molecule has 2 atom stereocenters. The minimum atomic E-state index is -0.517. The topological polar surface area (TPSA) is 61.4 Å². The summed E-state index contributed by atoms with van der Waals surface area (Å²) in [4.78, 5) is 11.3. The van der Waals surface area contributed by atoms with Crippen molar-refractivity contribution in [3.8, 4) is 0 Å². The molecule has 104 valence electrons. The summed E-state index contributed by atoms with van der Waals surface area (Å²) in [5.74, 6) is -0.00272. The maximum atomic E-state index is 11.3. The van der Waals surface area contributed by atoms with Crippen LogP contribution in [0, 0.1) is 0 Å². The number of anilines is 1. The number of benzene rings is 1. The molecule has 1 saturated carbocycles. The van der Waals surface area contributed by atoms with Crippen LogP contribution in [-0.2, 0) is 4.79 Å². The Morgan fingerprint density at radius 3 is 2.53 bits per heavy atom. The highest BCUT2D eigenvalue weighted by molar-refractivity contribution is 5.90. The van der Waals surface area contributed by atoms with Crippen molar-refractivity contribution in [2.24, 2.45) is 0 Å². The van der Waals surface area contributed by atoms with Gasteiger partial charge in [0, 0.05) is 24.2 Å². The lowest BCUT2D eigenvalue weighted by molar-refractivity contribution is -0.115. The van der Waals surface area contributed by atoms with E-state index in [0.29, 0.717) is 12.5 Å². The molecule has 1 aliphatic carbocycles. The Labute approximate surface area is 114 Å². The fourth-order valence-corrected chi connectivity index (χ4v) is 2.01. The van der Waals surface area contributed by atoms with Crippen LogP contribution in [-0.4, -0.2) is 23.1 Å². The van der Waals surface area contributed by atoms with Crippen LogP contribution >= 0.6 is 0 Å². The van der Waals surface area contributed by atoms with E-state index in [2.05, 4.69) is 10.6 Å². The Hall–Kier alpha value is -1.39. The minimum Gasteiger partial charge on any atom is -0.387 e. The maximum absolute atomic E-state index is 11.3. The van der Waals surface area contributed by atoms with Crippen molar-refractivity contribution in [1.29, 1.82) is 0 Å². The summed E-state index contributed by atoms with van der Waals surface area (Å²) in [6, 6.07) is 8.00. The standard InChI is InChI=1S/C15H22N2O2/c1-3-14(18)17-13-6-4-11(5-7-13)15(19)10(2)16-12-8-9-12/h4-7,10,12,15-16,19H,3,8-9H2,1-2H3,(H,17,18). The Balaban J connectivity index is 1.94. The second-order valence-electron chi connectivity index (χ2n) is 5.20. The monoisotopic (exact) mass is 262 g/mol. The van der Waals surface area contributed by atoms with Crippen LogP contribution in [0.3, 0.4) is 0 Å². The molecule has 1 aliphatic rings. The summed E-state index contributed by atoms with van der Waals surface area (Å²) < 4.78 is 0. The van der Waals surface area contributed by atoms with E-state index >= 15 is 0 Å². The third-order valence-corrected chi connectivity index (χ3v) is 3.41. The predicted octanol–water partition coefficient (Wildman–Crippen LogP) is 2.21. The fourth-order valence-electron chi connectivity index (χ4n) is 2.01. The first-order chi connectivity index (χ1) is 9.10. The van der Waals surface area contributed by atoms with Gasteiger partial charge in [-0.2, -0.15) is 0 Å². The summed E-state index contributed by atoms with van der Waals surface area (Å²) in [7, 11) is 0. The Morgan fingerprint density at radius 1 is 1.37 bits per heavy atom. The highest BCUT2D eigenvalue weighted by Gasteiger charge is 2.26. The smallest absolute Gasteiger partial charge is 0.224 e. The zero-order valence-electron chi connectivity index (χ0n) is 11.5. The average Bonchev–Trinajstić information content (AvgIpc) is 3.22. The quantitative estimate of drug-likeness (QED) is 0.736. The van der Waals surface area contributed by atoms with Crippen molar-refractivity contribution >= 4 is 11.6 Å². The van der Waals surface area contributed by atoms with E-state index in [-0.39, 0.29) is 11.9 Å². The van der Waals surface area contributed by atoms with E-state index in [1.807, 2.05) is 38.1 Å². The van der Waals surface area contributed by atoms with Crippen LogP contribution in [0.15, 0.2) is 24.3 Å². The Kier molecular flexibility index (Phi) is 4.56. The van der Waals surface area contributed by atoms with Crippen LogP contribution in [0.2, 0.25) is 0 Å². The summed E-state index contributed by atoms with van der Waals surface area (Å²) in [5, 5.41) is 16.4. The molecule has 0 aromatic heterocycles. The first kappa shape index (κ1) is 14.0. The molecule has 0 aliphatic heterocycles. The van der Waals surface area contributed by atoms with Crippen molar-refractivity contribution in [2.75, 3.05) is 5.32 Å². The molecule has 19 heavy (non-hydrogen) atoms. The lowest BCUT2D eigenvalue weighted by Gasteiger charge is -2.20. The molecule has 2 unspecified atom stereocenters. The molecular weight excluding hydrogens is 240 g/mol. The van der Waals surface area contributed by atoms with Crippen LogP contribution < -0.4 is 10.6 Å². The summed E-state index contributed by atoms with van der Waals surface area (Å²) >= 11 is 0. The van der Waals surface area contributed by atoms with Crippen LogP contribution in [0.5, 0.6) is 0 Å². The molecule has 1 aromatic carbocycles.